The maximum absolute atomic E-state index is 11.5. The number of amides is 1. The van der Waals surface area contributed by atoms with Crippen LogP contribution in [0.25, 0.3) is 0 Å². The minimum atomic E-state index is -0.514. The number of hydrogen-bond acceptors (Lipinski definition) is 5. The second kappa shape index (κ2) is 6.04. The average molecular weight is 258 g/mol. The van der Waals surface area contributed by atoms with E-state index in [2.05, 4.69) is 10.6 Å². The Morgan fingerprint density at radius 2 is 2.00 bits per heavy atom. The number of methoxy groups -OCH3 is 1. The smallest absolute Gasteiger partial charge is 0.407 e. The summed E-state index contributed by atoms with van der Waals surface area (Å²) >= 11 is 0. The van der Waals surface area contributed by atoms with Crippen molar-refractivity contribution in [1.29, 1.82) is 0 Å². The van der Waals surface area contributed by atoms with Crippen molar-refractivity contribution >= 4 is 12.1 Å². The van der Waals surface area contributed by atoms with Gasteiger partial charge in [0.15, 0.2) is 0 Å². The Morgan fingerprint density at radius 3 is 2.56 bits per heavy atom. The van der Waals surface area contributed by atoms with E-state index in [1.165, 1.54) is 7.11 Å². The van der Waals surface area contributed by atoms with Crippen LogP contribution in [0, 0.1) is 11.8 Å². The minimum absolute atomic E-state index is 0.0463. The van der Waals surface area contributed by atoms with E-state index in [9.17, 15) is 9.59 Å². The fraction of sp³-hybridized carbons (Fsp3) is 0.833. The molecule has 6 nitrogen and oxygen atoms in total. The molecule has 0 saturated carbocycles. The van der Waals surface area contributed by atoms with Gasteiger partial charge in [0.25, 0.3) is 0 Å². The first kappa shape index (κ1) is 14.8. The van der Waals surface area contributed by atoms with Gasteiger partial charge in [-0.25, -0.2) is 4.79 Å². The lowest BCUT2D eigenvalue weighted by atomic mass is 9.96. The number of esters is 1. The number of hydrogen-bond donors (Lipinski definition) is 2. The lowest BCUT2D eigenvalue weighted by molar-refractivity contribution is -0.146. The fourth-order valence-electron chi connectivity index (χ4n) is 1.90. The number of ether oxygens (including phenoxy) is 2. The van der Waals surface area contributed by atoms with Crippen LogP contribution < -0.4 is 10.6 Å². The summed E-state index contributed by atoms with van der Waals surface area (Å²) in [6.45, 7) is 7.10. The Bertz CT molecular complexity index is 312. The Balaban J connectivity index is 2.38. The average Bonchev–Trinajstić information content (AvgIpc) is 2.71. The molecule has 1 fully saturated rings. The maximum atomic E-state index is 11.5. The van der Waals surface area contributed by atoms with Crippen LogP contribution in [0.3, 0.4) is 0 Å². The summed E-state index contributed by atoms with van der Waals surface area (Å²) in [7, 11) is 1.37. The van der Waals surface area contributed by atoms with Crippen molar-refractivity contribution in [2.75, 3.05) is 26.7 Å². The first-order valence-electron chi connectivity index (χ1n) is 6.09. The van der Waals surface area contributed by atoms with Gasteiger partial charge in [-0.05, 0) is 20.8 Å². The van der Waals surface area contributed by atoms with E-state index in [-0.39, 0.29) is 17.8 Å². The van der Waals surface area contributed by atoms with Crippen LogP contribution >= 0.6 is 0 Å². The summed E-state index contributed by atoms with van der Waals surface area (Å²) in [6.07, 6.45) is -0.460. The van der Waals surface area contributed by atoms with Crippen LogP contribution in [-0.2, 0) is 14.3 Å². The largest absolute Gasteiger partial charge is 0.469 e. The maximum Gasteiger partial charge on any atom is 0.407 e. The molecule has 6 heteroatoms. The molecule has 0 aliphatic carbocycles. The Hall–Kier alpha value is -1.30. The fourth-order valence-corrected chi connectivity index (χ4v) is 1.90. The predicted molar refractivity (Wildman–Crippen MR) is 66.1 cm³/mol. The topological polar surface area (TPSA) is 76.7 Å². The van der Waals surface area contributed by atoms with Gasteiger partial charge in [-0.2, -0.15) is 0 Å². The third-order valence-corrected chi connectivity index (χ3v) is 2.75. The van der Waals surface area contributed by atoms with Crippen molar-refractivity contribution in [3.63, 3.8) is 0 Å². The van der Waals surface area contributed by atoms with E-state index in [0.29, 0.717) is 19.6 Å². The molecule has 1 rings (SSSR count). The van der Waals surface area contributed by atoms with Crippen molar-refractivity contribution < 1.29 is 19.1 Å². The first-order chi connectivity index (χ1) is 8.33. The highest BCUT2D eigenvalue weighted by Crippen LogP contribution is 2.17. The molecule has 1 aliphatic heterocycles. The Labute approximate surface area is 107 Å². The highest BCUT2D eigenvalue weighted by molar-refractivity contribution is 5.73. The number of carbonyl (C=O) groups excluding carboxylic acids is 2. The van der Waals surface area contributed by atoms with Crippen molar-refractivity contribution in [1.82, 2.24) is 10.6 Å². The number of alkyl carbamates (subject to hydrolysis) is 1. The molecule has 0 aromatic heterocycles. The molecule has 0 unspecified atom stereocenters. The van der Waals surface area contributed by atoms with Gasteiger partial charge in [0, 0.05) is 25.6 Å². The molecule has 1 aliphatic rings. The van der Waals surface area contributed by atoms with E-state index in [1.54, 1.807) is 20.8 Å². The van der Waals surface area contributed by atoms with Crippen LogP contribution in [0.2, 0.25) is 0 Å². The lowest BCUT2D eigenvalue weighted by Crippen LogP contribution is -2.38. The van der Waals surface area contributed by atoms with E-state index in [4.69, 9.17) is 9.47 Å². The highest BCUT2D eigenvalue weighted by atomic mass is 16.6. The van der Waals surface area contributed by atoms with Crippen LogP contribution in [0.5, 0.6) is 0 Å². The van der Waals surface area contributed by atoms with Crippen LogP contribution in [0.1, 0.15) is 20.8 Å². The van der Waals surface area contributed by atoms with Crippen LogP contribution in [0.15, 0.2) is 0 Å². The number of nitrogens with one attached hydrogen (secondary N) is 2. The summed E-state index contributed by atoms with van der Waals surface area (Å²) in [5.74, 6) is -0.397. The van der Waals surface area contributed by atoms with Gasteiger partial charge in [-0.15, -0.1) is 0 Å². The van der Waals surface area contributed by atoms with Gasteiger partial charge in [0.05, 0.1) is 13.0 Å². The standard InChI is InChI=1S/C12H22N2O4/c1-12(2,3)18-11(16)14-6-8-5-13-7-9(8)10(15)17-4/h8-9,13H,5-7H2,1-4H3,(H,14,16)/t8-,9-/m0/s1. The molecule has 2 N–H and O–H groups in total. The normalized spacial score (nSPS) is 23.6. The molecule has 1 saturated heterocycles. The summed E-state index contributed by atoms with van der Waals surface area (Å²) in [4.78, 5) is 23.0. The van der Waals surface area contributed by atoms with Crippen molar-refractivity contribution in [3.8, 4) is 0 Å². The molecule has 18 heavy (non-hydrogen) atoms. The summed E-state index contributed by atoms with van der Waals surface area (Å²) < 4.78 is 9.86. The third-order valence-electron chi connectivity index (χ3n) is 2.75. The predicted octanol–water partition coefficient (Wildman–Crippen LogP) is 0.520. The molecule has 104 valence electrons. The molecule has 1 heterocycles. The van der Waals surface area contributed by atoms with E-state index in [1.807, 2.05) is 0 Å². The highest BCUT2D eigenvalue weighted by Gasteiger charge is 2.34. The molecule has 0 bridgehead atoms. The molecular formula is C12H22N2O4. The Morgan fingerprint density at radius 1 is 1.33 bits per heavy atom. The minimum Gasteiger partial charge on any atom is -0.469 e. The van der Waals surface area contributed by atoms with E-state index in [0.717, 1.165) is 0 Å². The van der Waals surface area contributed by atoms with E-state index >= 15 is 0 Å². The molecule has 2 atom stereocenters. The van der Waals surface area contributed by atoms with Crippen molar-refractivity contribution in [2.45, 2.75) is 26.4 Å². The zero-order valence-corrected chi connectivity index (χ0v) is 11.4. The Kier molecular flexibility index (Phi) is 4.95. The van der Waals surface area contributed by atoms with Crippen molar-refractivity contribution in [2.24, 2.45) is 11.8 Å². The molecule has 0 radical (unpaired) electrons. The molecule has 0 aromatic carbocycles. The molecule has 0 spiro atoms. The number of carbonyl (C=O) groups is 2. The number of rotatable bonds is 3. The second-order valence-electron chi connectivity index (χ2n) is 5.43. The van der Waals surface area contributed by atoms with Crippen molar-refractivity contribution in [3.05, 3.63) is 0 Å². The molecule has 0 aromatic rings. The quantitative estimate of drug-likeness (QED) is 0.722. The summed E-state index contributed by atoms with van der Waals surface area (Å²) in [6, 6.07) is 0. The monoisotopic (exact) mass is 258 g/mol. The van der Waals surface area contributed by atoms with E-state index < -0.39 is 11.7 Å². The van der Waals surface area contributed by atoms with Gasteiger partial charge in [-0.3, -0.25) is 4.79 Å². The molecular weight excluding hydrogens is 236 g/mol. The van der Waals surface area contributed by atoms with Gasteiger partial charge in [-0.1, -0.05) is 0 Å². The summed E-state index contributed by atoms with van der Waals surface area (Å²) in [5.41, 5.74) is -0.514. The molecule has 1 amide bonds. The SMILES string of the molecule is COC(=O)[C@H]1CNC[C@H]1CNC(=O)OC(C)(C)C. The van der Waals surface area contributed by atoms with Gasteiger partial charge < -0.3 is 20.1 Å². The summed E-state index contributed by atoms with van der Waals surface area (Å²) in [5, 5.41) is 5.80. The third kappa shape index (κ3) is 4.52. The zero-order valence-electron chi connectivity index (χ0n) is 11.4. The second-order valence-corrected chi connectivity index (χ2v) is 5.43. The zero-order chi connectivity index (χ0) is 13.8. The first-order valence-corrected chi connectivity index (χ1v) is 6.09. The lowest BCUT2D eigenvalue weighted by Gasteiger charge is -2.21. The van der Waals surface area contributed by atoms with Crippen LogP contribution in [-0.4, -0.2) is 44.4 Å². The van der Waals surface area contributed by atoms with Gasteiger partial charge in [0.2, 0.25) is 0 Å². The van der Waals surface area contributed by atoms with Gasteiger partial charge >= 0.3 is 12.1 Å². The van der Waals surface area contributed by atoms with Crippen LogP contribution in [0.4, 0.5) is 4.79 Å². The van der Waals surface area contributed by atoms with Gasteiger partial charge in [0.1, 0.15) is 5.60 Å².